The molecule has 37 heavy (non-hydrogen) atoms. The Hall–Kier alpha value is -4.06. The van der Waals surface area contributed by atoms with Gasteiger partial charge in [0.1, 0.15) is 23.9 Å². The number of hydrogen-bond acceptors (Lipinski definition) is 5. The summed E-state index contributed by atoms with van der Waals surface area (Å²) in [5.74, 6) is -0.794. The van der Waals surface area contributed by atoms with Crippen LogP contribution in [-0.4, -0.2) is 32.8 Å². The monoisotopic (exact) mass is 497 g/mol. The smallest absolute Gasteiger partial charge is 0.295 e. The van der Waals surface area contributed by atoms with E-state index in [4.69, 9.17) is 4.74 Å². The molecule has 2 aliphatic rings. The molecule has 0 radical (unpaired) electrons. The lowest BCUT2D eigenvalue weighted by Gasteiger charge is -2.35. The van der Waals surface area contributed by atoms with Crippen LogP contribution in [0, 0.1) is 6.92 Å². The zero-order valence-corrected chi connectivity index (χ0v) is 20.9. The third kappa shape index (κ3) is 4.96. The number of rotatable bonds is 6. The van der Waals surface area contributed by atoms with Gasteiger partial charge in [-0.1, -0.05) is 61.7 Å². The molecule has 3 aromatic rings. The summed E-state index contributed by atoms with van der Waals surface area (Å²) < 4.78 is 5.97. The van der Waals surface area contributed by atoms with Crippen molar-refractivity contribution in [2.24, 2.45) is 0 Å². The number of hydrogen-bond donors (Lipinski definition) is 2. The van der Waals surface area contributed by atoms with Crippen LogP contribution in [0.2, 0.25) is 0 Å². The molecule has 1 unspecified atom stereocenters. The number of ether oxygens (including phenoxy) is 1. The molecule has 1 saturated heterocycles. The van der Waals surface area contributed by atoms with Crippen LogP contribution in [0.15, 0.2) is 78.4 Å². The first kappa shape index (κ1) is 24.6. The number of aliphatic hydroxyl groups is 1. The van der Waals surface area contributed by atoms with Gasteiger partial charge >= 0.3 is 0 Å². The molecule has 0 bridgehead atoms. The molecule has 190 valence electrons. The standard InChI is InChI=1S/C31H31NO5/c1-20-17-23(15-16-26(20)37-19-21-9-4-2-5-10-21)29(34)27-28(22-11-8-14-25(33)18-22)32(31(36)30(27)35)24-12-6-3-7-13-24/h2,4-5,8-11,14-18,24,28,33-34H,3,6-7,12-13,19H2,1H3/b29-27-. The summed E-state index contributed by atoms with van der Waals surface area (Å²) in [6.45, 7) is 2.29. The Morgan fingerprint density at radius 2 is 1.70 bits per heavy atom. The third-order valence-electron chi connectivity index (χ3n) is 7.32. The van der Waals surface area contributed by atoms with E-state index in [1.807, 2.05) is 37.3 Å². The number of benzene rings is 3. The maximum absolute atomic E-state index is 13.4. The summed E-state index contributed by atoms with van der Waals surface area (Å²) in [5.41, 5.74) is 2.94. The van der Waals surface area contributed by atoms with Gasteiger partial charge < -0.3 is 19.8 Å². The summed E-state index contributed by atoms with van der Waals surface area (Å²) in [5, 5.41) is 21.6. The first-order chi connectivity index (χ1) is 17.9. The predicted octanol–water partition coefficient (Wildman–Crippen LogP) is 6.03. The summed E-state index contributed by atoms with van der Waals surface area (Å²) in [6, 6.07) is 20.8. The lowest BCUT2D eigenvalue weighted by molar-refractivity contribution is -0.141. The third-order valence-corrected chi connectivity index (χ3v) is 7.32. The molecule has 5 rings (SSSR count). The topological polar surface area (TPSA) is 87.1 Å². The molecule has 1 heterocycles. The van der Waals surface area contributed by atoms with Crippen LogP contribution in [-0.2, 0) is 16.2 Å². The highest BCUT2D eigenvalue weighted by atomic mass is 16.5. The molecule has 1 aliphatic carbocycles. The summed E-state index contributed by atoms with van der Waals surface area (Å²) in [7, 11) is 0. The average Bonchev–Trinajstić information content (AvgIpc) is 3.18. The second-order valence-electron chi connectivity index (χ2n) is 9.85. The largest absolute Gasteiger partial charge is 0.508 e. The Bertz CT molecular complexity index is 1340. The number of amides is 1. The van der Waals surface area contributed by atoms with E-state index in [0.717, 1.165) is 43.2 Å². The molecule has 6 heteroatoms. The fourth-order valence-electron chi connectivity index (χ4n) is 5.46. The van der Waals surface area contributed by atoms with Crippen LogP contribution in [0.4, 0.5) is 0 Å². The van der Waals surface area contributed by atoms with Crippen LogP contribution in [0.1, 0.15) is 60.4 Å². The van der Waals surface area contributed by atoms with Gasteiger partial charge in [0.05, 0.1) is 11.6 Å². The zero-order chi connectivity index (χ0) is 25.9. The number of phenolic OH excluding ortho intramolecular Hbond substituents is 1. The van der Waals surface area contributed by atoms with E-state index in [2.05, 4.69) is 0 Å². The van der Waals surface area contributed by atoms with Crippen molar-refractivity contribution in [2.75, 3.05) is 0 Å². The van der Waals surface area contributed by atoms with Gasteiger partial charge in [-0.3, -0.25) is 9.59 Å². The molecular formula is C31H31NO5. The molecule has 6 nitrogen and oxygen atoms in total. The Labute approximate surface area is 216 Å². The number of aromatic hydroxyl groups is 1. The average molecular weight is 498 g/mol. The maximum atomic E-state index is 13.4. The van der Waals surface area contributed by atoms with Crippen LogP contribution >= 0.6 is 0 Å². The normalized spacial score (nSPS) is 19.8. The first-order valence-electron chi connectivity index (χ1n) is 12.8. The highest BCUT2D eigenvalue weighted by molar-refractivity contribution is 6.46. The lowest BCUT2D eigenvalue weighted by Crippen LogP contribution is -2.40. The van der Waals surface area contributed by atoms with Crippen molar-refractivity contribution in [1.82, 2.24) is 4.90 Å². The van der Waals surface area contributed by atoms with E-state index < -0.39 is 17.7 Å². The van der Waals surface area contributed by atoms with Crippen molar-refractivity contribution < 1.29 is 24.5 Å². The molecule has 2 N–H and O–H groups in total. The minimum absolute atomic E-state index is 0.0440. The Morgan fingerprint density at radius 1 is 0.946 bits per heavy atom. The number of ketones is 1. The van der Waals surface area contributed by atoms with Crippen molar-refractivity contribution in [1.29, 1.82) is 0 Å². The molecule has 0 aromatic heterocycles. The van der Waals surface area contributed by atoms with Crippen molar-refractivity contribution in [3.8, 4) is 11.5 Å². The number of Topliss-reactive ketones (excluding diaryl/α,β-unsaturated/α-hetero) is 1. The summed E-state index contributed by atoms with van der Waals surface area (Å²) >= 11 is 0. The maximum Gasteiger partial charge on any atom is 0.295 e. The van der Waals surface area contributed by atoms with E-state index in [1.54, 1.807) is 47.4 Å². The summed E-state index contributed by atoms with van der Waals surface area (Å²) in [4.78, 5) is 28.3. The fraction of sp³-hybridized carbons (Fsp3) is 0.290. The number of aryl methyl sites for hydroxylation is 1. The first-order valence-corrected chi connectivity index (χ1v) is 12.8. The molecule has 1 aliphatic heterocycles. The second kappa shape index (κ2) is 10.5. The molecular weight excluding hydrogens is 466 g/mol. The van der Waals surface area contributed by atoms with Gasteiger partial charge in [-0.15, -0.1) is 0 Å². The van der Waals surface area contributed by atoms with Crippen molar-refractivity contribution in [3.63, 3.8) is 0 Å². The predicted molar refractivity (Wildman–Crippen MR) is 141 cm³/mol. The van der Waals surface area contributed by atoms with E-state index in [1.165, 1.54) is 0 Å². The van der Waals surface area contributed by atoms with E-state index in [0.29, 0.717) is 23.5 Å². The molecule has 3 aromatic carbocycles. The van der Waals surface area contributed by atoms with Gasteiger partial charge in [0, 0.05) is 11.6 Å². The van der Waals surface area contributed by atoms with Crippen LogP contribution < -0.4 is 4.74 Å². The van der Waals surface area contributed by atoms with Crippen molar-refractivity contribution in [3.05, 3.63) is 101 Å². The van der Waals surface area contributed by atoms with Crippen LogP contribution in [0.5, 0.6) is 11.5 Å². The quantitative estimate of drug-likeness (QED) is 0.247. The number of likely N-dealkylation sites (tertiary alicyclic amines) is 1. The number of carbonyl (C=O) groups excluding carboxylic acids is 2. The van der Waals surface area contributed by atoms with Gasteiger partial charge in [0.25, 0.3) is 11.7 Å². The number of phenols is 1. The minimum Gasteiger partial charge on any atom is -0.508 e. The number of aliphatic hydroxyl groups excluding tert-OH is 1. The Morgan fingerprint density at radius 3 is 2.41 bits per heavy atom. The fourth-order valence-corrected chi connectivity index (χ4v) is 5.46. The van der Waals surface area contributed by atoms with Gasteiger partial charge in [-0.2, -0.15) is 0 Å². The second-order valence-corrected chi connectivity index (χ2v) is 9.85. The van der Waals surface area contributed by atoms with E-state index in [-0.39, 0.29) is 23.1 Å². The highest BCUT2D eigenvalue weighted by Crippen LogP contribution is 2.43. The van der Waals surface area contributed by atoms with Crippen LogP contribution in [0.25, 0.3) is 5.76 Å². The van der Waals surface area contributed by atoms with Crippen molar-refractivity contribution in [2.45, 2.75) is 57.7 Å². The summed E-state index contributed by atoms with van der Waals surface area (Å²) in [6.07, 6.45) is 4.72. The Kier molecular flexibility index (Phi) is 6.99. The highest BCUT2D eigenvalue weighted by Gasteiger charge is 2.49. The number of carbonyl (C=O) groups is 2. The molecule has 0 spiro atoms. The van der Waals surface area contributed by atoms with Gasteiger partial charge in [0.15, 0.2) is 0 Å². The van der Waals surface area contributed by atoms with E-state index >= 15 is 0 Å². The molecule has 1 atom stereocenters. The van der Waals surface area contributed by atoms with Gasteiger partial charge in [-0.05, 0) is 66.8 Å². The lowest BCUT2D eigenvalue weighted by atomic mass is 9.90. The number of nitrogens with zero attached hydrogens (tertiary/aromatic N) is 1. The van der Waals surface area contributed by atoms with Crippen molar-refractivity contribution >= 4 is 17.4 Å². The van der Waals surface area contributed by atoms with E-state index in [9.17, 15) is 19.8 Å². The molecule has 1 saturated carbocycles. The minimum atomic E-state index is -0.760. The Balaban J connectivity index is 1.52. The SMILES string of the molecule is Cc1cc(/C(O)=C2/C(=O)C(=O)N(C3CCCCC3)C2c2cccc(O)c2)ccc1OCc1ccccc1. The van der Waals surface area contributed by atoms with Gasteiger partial charge in [0.2, 0.25) is 0 Å². The van der Waals surface area contributed by atoms with Gasteiger partial charge in [-0.25, -0.2) is 0 Å². The molecule has 1 amide bonds. The zero-order valence-electron chi connectivity index (χ0n) is 20.9. The molecule has 2 fully saturated rings. The van der Waals surface area contributed by atoms with Crippen LogP contribution in [0.3, 0.4) is 0 Å².